The zero-order valence-corrected chi connectivity index (χ0v) is 10.8. The molecule has 0 aromatic carbocycles. The maximum atomic E-state index is 12.2. The van der Waals surface area contributed by atoms with Crippen molar-refractivity contribution in [3.05, 3.63) is 23.9 Å². The zero-order chi connectivity index (χ0) is 13.1. The van der Waals surface area contributed by atoms with Crippen LogP contribution >= 0.6 is 0 Å². The highest BCUT2D eigenvalue weighted by Crippen LogP contribution is 2.20. The van der Waals surface area contributed by atoms with Gasteiger partial charge in [0.1, 0.15) is 13.9 Å². The van der Waals surface area contributed by atoms with Crippen LogP contribution in [0.3, 0.4) is 0 Å². The highest BCUT2D eigenvalue weighted by atomic mass is 28.3. The number of anilines is 1. The average Bonchev–Trinajstić information content (AvgIpc) is 2.12. The lowest BCUT2D eigenvalue weighted by molar-refractivity contribution is -0.100. The third-order valence-electron chi connectivity index (χ3n) is 1.64. The van der Waals surface area contributed by atoms with Crippen LogP contribution in [-0.2, 0) is 0 Å². The van der Waals surface area contributed by atoms with Crippen molar-refractivity contribution in [1.29, 1.82) is 0 Å². The van der Waals surface area contributed by atoms with E-state index in [1.165, 1.54) is 17.6 Å². The number of nitrogens with zero attached hydrogens (tertiary/aromatic N) is 1. The Morgan fingerprint density at radius 3 is 2.47 bits per heavy atom. The van der Waals surface area contributed by atoms with Crippen LogP contribution in [0.25, 0.3) is 0 Å². The molecule has 0 spiro atoms. The first-order valence-electron chi connectivity index (χ1n) is 5.00. The van der Waals surface area contributed by atoms with Crippen LogP contribution in [0, 0.1) is 11.5 Å². The van der Waals surface area contributed by atoms with E-state index in [1.807, 2.05) is 19.6 Å². The Hall–Kier alpha value is -1.48. The summed E-state index contributed by atoms with van der Waals surface area (Å²) in [6.45, 7) is 6.06. The molecule has 2 nitrogen and oxygen atoms in total. The van der Waals surface area contributed by atoms with Crippen molar-refractivity contribution in [1.82, 2.24) is 4.98 Å². The second-order valence-electron chi connectivity index (χ2n) is 4.52. The zero-order valence-electron chi connectivity index (χ0n) is 9.81. The van der Waals surface area contributed by atoms with E-state index < -0.39 is 14.4 Å². The van der Waals surface area contributed by atoms with Gasteiger partial charge >= 0.3 is 6.30 Å². The normalized spacial score (nSPS) is 11.6. The van der Waals surface area contributed by atoms with E-state index in [0.717, 1.165) is 0 Å². The SMILES string of the molecule is C[Si](C)(C)C#Cc1cccnc1NC(F)(F)F. The van der Waals surface area contributed by atoms with Crippen molar-refractivity contribution in [2.24, 2.45) is 0 Å². The molecule has 1 heterocycles. The van der Waals surface area contributed by atoms with Crippen molar-refractivity contribution < 1.29 is 13.2 Å². The fraction of sp³-hybridized carbons (Fsp3) is 0.364. The van der Waals surface area contributed by atoms with Crippen LogP contribution in [0.15, 0.2) is 18.3 Å². The van der Waals surface area contributed by atoms with Gasteiger partial charge in [0.15, 0.2) is 0 Å². The number of halogens is 3. The molecule has 0 amide bonds. The van der Waals surface area contributed by atoms with Crippen molar-refractivity contribution >= 4 is 13.9 Å². The summed E-state index contributed by atoms with van der Waals surface area (Å²) < 4.78 is 36.6. The summed E-state index contributed by atoms with van der Waals surface area (Å²) >= 11 is 0. The maximum absolute atomic E-state index is 12.2. The summed E-state index contributed by atoms with van der Waals surface area (Å²) in [7, 11) is -1.62. The summed E-state index contributed by atoms with van der Waals surface area (Å²) in [5.74, 6) is 2.52. The number of pyridine rings is 1. The number of nitrogens with one attached hydrogen (secondary N) is 1. The molecule has 1 aromatic heterocycles. The Bertz CT molecular complexity index is 452. The van der Waals surface area contributed by atoms with E-state index in [2.05, 4.69) is 16.4 Å². The quantitative estimate of drug-likeness (QED) is 0.475. The van der Waals surface area contributed by atoms with Crippen molar-refractivity contribution in [3.8, 4) is 11.5 Å². The monoisotopic (exact) mass is 258 g/mol. The molecule has 0 unspecified atom stereocenters. The third-order valence-corrected chi connectivity index (χ3v) is 2.52. The molecule has 0 saturated carbocycles. The van der Waals surface area contributed by atoms with Gasteiger partial charge in [0.2, 0.25) is 0 Å². The smallest absolute Gasteiger partial charge is 0.281 e. The first-order chi connectivity index (χ1) is 7.67. The van der Waals surface area contributed by atoms with Crippen LogP contribution < -0.4 is 5.32 Å². The molecule has 0 bridgehead atoms. The fourth-order valence-corrected chi connectivity index (χ4v) is 1.50. The predicted molar refractivity (Wildman–Crippen MR) is 64.1 cm³/mol. The second kappa shape index (κ2) is 4.80. The molecule has 0 atom stereocenters. The fourth-order valence-electron chi connectivity index (χ4n) is 0.995. The molecule has 0 aliphatic rings. The first kappa shape index (κ1) is 13.6. The van der Waals surface area contributed by atoms with Gasteiger partial charge in [-0.3, -0.25) is 5.32 Å². The molecular formula is C11H13F3N2Si. The Balaban J connectivity index is 3.04. The Morgan fingerprint density at radius 1 is 1.29 bits per heavy atom. The van der Waals surface area contributed by atoms with Crippen LogP contribution in [0.1, 0.15) is 5.56 Å². The Morgan fingerprint density at radius 2 is 1.94 bits per heavy atom. The van der Waals surface area contributed by atoms with Crippen LogP contribution in [0.5, 0.6) is 0 Å². The van der Waals surface area contributed by atoms with Gasteiger partial charge in [-0.1, -0.05) is 25.6 Å². The maximum Gasteiger partial charge on any atom is 0.483 e. The van der Waals surface area contributed by atoms with Crippen molar-refractivity contribution in [3.63, 3.8) is 0 Å². The number of hydrogen-bond donors (Lipinski definition) is 1. The van der Waals surface area contributed by atoms with E-state index in [1.54, 1.807) is 6.07 Å². The molecule has 92 valence electrons. The second-order valence-corrected chi connectivity index (χ2v) is 9.27. The lowest BCUT2D eigenvalue weighted by atomic mass is 10.3. The van der Waals surface area contributed by atoms with E-state index in [9.17, 15) is 13.2 Å². The van der Waals surface area contributed by atoms with Gasteiger partial charge in [0.25, 0.3) is 0 Å². The molecule has 1 N–H and O–H groups in total. The summed E-state index contributed by atoms with van der Waals surface area (Å²) in [6, 6.07) is 3.09. The van der Waals surface area contributed by atoms with Gasteiger partial charge in [0, 0.05) is 6.20 Å². The number of hydrogen-bond acceptors (Lipinski definition) is 2. The highest BCUT2D eigenvalue weighted by Gasteiger charge is 2.28. The third kappa shape index (κ3) is 5.40. The number of rotatable bonds is 1. The molecule has 0 saturated heterocycles. The minimum absolute atomic E-state index is 0.245. The molecule has 1 aromatic rings. The Labute approximate surface area is 99.3 Å². The minimum Gasteiger partial charge on any atom is -0.281 e. The van der Waals surface area contributed by atoms with Gasteiger partial charge in [-0.25, -0.2) is 4.98 Å². The highest BCUT2D eigenvalue weighted by molar-refractivity contribution is 6.83. The molecular weight excluding hydrogens is 245 g/mol. The summed E-state index contributed by atoms with van der Waals surface area (Å²) in [6.07, 6.45) is -3.20. The standard InChI is InChI=1S/C11H13F3N2Si/c1-17(2,3)8-6-9-5-4-7-15-10(9)16-11(12,13)14/h4-5,7H,1-3H3,(H,15,16). The molecule has 0 aliphatic heterocycles. The number of aromatic nitrogens is 1. The van der Waals surface area contributed by atoms with Crippen LogP contribution in [-0.4, -0.2) is 19.4 Å². The van der Waals surface area contributed by atoms with Gasteiger partial charge in [-0.2, -0.15) is 13.2 Å². The molecule has 1 rings (SSSR count). The molecule has 6 heteroatoms. The van der Waals surface area contributed by atoms with E-state index in [0.29, 0.717) is 0 Å². The molecule has 0 radical (unpaired) electrons. The molecule has 0 aliphatic carbocycles. The van der Waals surface area contributed by atoms with E-state index >= 15 is 0 Å². The first-order valence-corrected chi connectivity index (χ1v) is 8.50. The average molecular weight is 258 g/mol. The molecule has 17 heavy (non-hydrogen) atoms. The summed E-state index contributed by atoms with van der Waals surface area (Å²) in [4.78, 5) is 3.65. The van der Waals surface area contributed by atoms with Gasteiger partial charge in [-0.15, -0.1) is 5.54 Å². The van der Waals surface area contributed by atoms with Crippen LogP contribution in [0.2, 0.25) is 19.6 Å². The predicted octanol–water partition coefficient (Wildman–Crippen LogP) is 3.24. The topological polar surface area (TPSA) is 24.9 Å². The Kier molecular flexibility index (Phi) is 3.83. The van der Waals surface area contributed by atoms with E-state index in [4.69, 9.17) is 0 Å². The summed E-state index contributed by atoms with van der Waals surface area (Å²) in [5.41, 5.74) is 3.28. The molecule has 0 fully saturated rings. The largest absolute Gasteiger partial charge is 0.483 e. The van der Waals surface area contributed by atoms with Gasteiger partial charge < -0.3 is 0 Å². The van der Waals surface area contributed by atoms with E-state index in [-0.39, 0.29) is 11.4 Å². The van der Waals surface area contributed by atoms with Gasteiger partial charge in [0.05, 0.1) is 5.56 Å². The van der Waals surface area contributed by atoms with Crippen molar-refractivity contribution in [2.45, 2.75) is 25.9 Å². The summed E-state index contributed by atoms with van der Waals surface area (Å²) in [5, 5.41) is 1.39. The van der Waals surface area contributed by atoms with Crippen molar-refractivity contribution in [2.75, 3.05) is 5.32 Å². The van der Waals surface area contributed by atoms with Crippen LogP contribution in [0.4, 0.5) is 19.0 Å². The lowest BCUT2D eigenvalue weighted by Gasteiger charge is -2.10. The lowest BCUT2D eigenvalue weighted by Crippen LogP contribution is -2.22. The minimum atomic E-state index is -4.50. The van der Waals surface area contributed by atoms with Gasteiger partial charge in [-0.05, 0) is 12.1 Å². The number of alkyl halides is 3.